The Labute approximate surface area is 113 Å². The van der Waals surface area contributed by atoms with E-state index in [2.05, 4.69) is 11.4 Å². The third-order valence-electron chi connectivity index (χ3n) is 2.95. The van der Waals surface area contributed by atoms with E-state index >= 15 is 0 Å². The number of aliphatic hydroxyl groups excluding tert-OH is 1. The zero-order valence-corrected chi connectivity index (χ0v) is 10.6. The van der Waals surface area contributed by atoms with Crippen molar-refractivity contribution in [2.45, 2.75) is 12.5 Å². The van der Waals surface area contributed by atoms with Crippen LogP contribution in [0.2, 0.25) is 0 Å². The van der Waals surface area contributed by atoms with Gasteiger partial charge in [-0.15, -0.1) is 0 Å². The first-order valence-electron chi connectivity index (χ1n) is 6.26. The largest absolute Gasteiger partial charge is 0.388 e. The number of aliphatic hydroxyl groups is 1. The van der Waals surface area contributed by atoms with E-state index in [0.29, 0.717) is 18.5 Å². The van der Waals surface area contributed by atoms with Crippen LogP contribution in [-0.4, -0.2) is 11.7 Å². The number of nitriles is 1. The first-order chi connectivity index (χ1) is 9.29. The Hall–Kier alpha value is -2.31. The summed E-state index contributed by atoms with van der Waals surface area (Å²) in [5.74, 6) is 0. The zero-order valence-electron chi connectivity index (χ0n) is 10.6. The Kier molecular flexibility index (Phi) is 4.54. The summed E-state index contributed by atoms with van der Waals surface area (Å²) in [6.07, 6.45) is 0.191. The summed E-state index contributed by atoms with van der Waals surface area (Å²) in [6, 6.07) is 19.0. The van der Waals surface area contributed by atoms with Gasteiger partial charge in [0.2, 0.25) is 0 Å². The molecule has 96 valence electrons. The maximum Gasteiger partial charge on any atom is 0.0991 e. The zero-order chi connectivity index (χ0) is 13.5. The minimum absolute atomic E-state index is 0.452. The number of nitrogens with one attached hydrogen (secondary N) is 1. The number of nitrogens with zero attached hydrogens (tertiary/aromatic N) is 1. The maximum absolute atomic E-state index is 10.00. The Morgan fingerprint density at radius 3 is 2.37 bits per heavy atom. The fourth-order valence-electron chi connectivity index (χ4n) is 1.86. The molecule has 2 N–H and O–H groups in total. The molecule has 0 aliphatic heterocycles. The summed E-state index contributed by atoms with van der Waals surface area (Å²) in [5.41, 5.74) is 2.54. The lowest BCUT2D eigenvalue weighted by atomic mass is 10.1. The smallest absolute Gasteiger partial charge is 0.0991 e. The molecule has 0 aliphatic rings. The highest BCUT2D eigenvalue weighted by molar-refractivity contribution is 5.47. The lowest BCUT2D eigenvalue weighted by Crippen LogP contribution is -2.07. The van der Waals surface area contributed by atoms with Crippen molar-refractivity contribution in [2.75, 3.05) is 11.9 Å². The van der Waals surface area contributed by atoms with Crippen molar-refractivity contribution in [3.05, 3.63) is 65.7 Å². The quantitative estimate of drug-likeness (QED) is 0.859. The molecule has 1 atom stereocenters. The highest BCUT2D eigenvalue weighted by atomic mass is 16.3. The molecule has 0 bridgehead atoms. The summed E-state index contributed by atoms with van der Waals surface area (Å²) in [7, 11) is 0. The van der Waals surface area contributed by atoms with Gasteiger partial charge < -0.3 is 10.4 Å². The van der Waals surface area contributed by atoms with Crippen molar-refractivity contribution >= 4 is 5.69 Å². The van der Waals surface area contributed by atoms with Crippen LogP contribution in [0.15, 0.2) is 54.6 Å². The fourth-order valence-corrected chi connectivity index (χ4v) is 1.86. The predicted molar refractivity (Wildman–Crippen MR) is 75.7 cm³/mol. The van der Waals surface area contributed by atoms with Gasteiger partial charge >= 0.3 is 0 Å². The second-order valence-electron chi connectivity index (χ2n) is 4.33. The molecule has 1 unspecified atom stereocenters. The Bertz CT molecular complexity index is 543. The van der Waals surface area contributed by atoms with E-state index in [1.807, 2.05) is 42.5 Å². The second kappa shape index (κ2) is 6.58. The van der Waals surface area contributed by atoms with Crippen LogP contribution >= 0.6 is 0 Å². The molecule has 0 saturated heterocycles. The van der Waals surface area contributed by atoms with Crippen molar-refractivity contribution in [1.29, 1.82) is 5.26 Å². The van der Waals surface area contributed by atoms with Crippen LogP contribution in [-0.2, 0) is 0 Å². The Morgan fingerprint density at radius 1 is 1.05 bits per heavy atom. The van der Waals surface area contributed by atoms with Gasteiger partial charge in [-0.2, -0.15) is 5.26 Å². The molecule has 0 heterocycles. The van der Waals surface area contributed by atoms with Crippen LogP contribution in [0.25, 0.3) is 0 Å². The molecule has 0 saturated carbocycles. The lowest BCUT2D eigenvalue weighted by Gasteiger charge is -2.12. The van der Waals surface area contributed by atoms with E-state index in [4.69, 9.17) is 5.26 Å². The molecule has 0 aromatic heterocycles. The van der Waals surface area contributed by atoms with Crippen molar-refractivity contribution in [2.24, 2.45) is 0 Å². The summed E-state index contributed by atoms with van der Waals surface area (Å²) < 4.78 is 0. The normalized spacial score (nSPS) is 11.6. The molecule has 0 fully saturated rings. The average molecular weight is 252 g/mol. The Morgan fingerprint density at radius 2 is 1.74 bits per heavy atom. The summed E-state index contributed by atoms with van der Waals surface area (Å²) in [5, 5.41) is 21.9. The molecule has 2 rings (SSSR count). The van der Waals surface area contributed by atoms with Crippen molar-refractivity contribution in [3.63, 3.8) is 0 Å². The van der Waals surface area contributed by atoms with Crippen molar-refractivity contribution in [3.8, 4) is 6.07 Å². The third-order valence-corrected chi connectivity index (χ3v) is 2.95. The average Bonchev–Trinajstić information content (AvgIpc) is 2.49. The van der Waals surface area contributed by atoms with E-state index in [-0.39, 0.29) is 0 Å². The van der Waals surface area contributed by atoms with E-state index in [1.54, 1.807) is 12.1 Å². The second-order valence-corrected chi connectivity index (χ2v) is 4.33. The molecule has 0 spiro atoms. The monoisotopic (exact) mass is 252 g/mol. The van der Waals surface area contributed by atoms with Gasteiger partial charge in [0.05, 0.1) is 17.7 Å². The van der Waals surface area contributed by atoms with E-state index < -0.39 is 6.10 Å². The lowest BCUT2D eigenvalue weighted by molar-refractivity contribution is 0.171. The van der Waals surface area contributed by atoms with Crippen LogP contribution in [0, 0.1) is 11.3 Å². The molecular weight excluding hydrogens is 236 g/mol. The van der Waals surface area contributed by atoms with Gasteiger partial charge in [0, 0.05) is 12.2 Å². The summed E-state index contributed by atoms with van der Waals surface area (Å²) >= 11 is 0. The van der Waals surface area contributed by atoms with Gasteiger partial charge in [-0.05, 0) is 36.2 Å². The van der Waals surface area contributed by atoms with Gasteiger partial charge in [0.1, 0.15) is 0 Å². The van der Waals surface area contributed by atoms with Crippen LogP contribution in [0.4, 0.5) is 5.69 Å². The van der Waals surface area contributed by atoms with Gasteiger partial charge in [-0.1, -0.05) is 30.3 Å². The van der Waals surface area contributed by atoms with E-state index in [9.17, 15) is 5.11 Å². The van der Waals surface area contributed by atoms with Crippen molar-refractivity contribution in [1.82, 2.24) is 0 Å². The Balaban J connectivity index is 1.81. The summed E-state index contributed by atoms with van der Waals surface area (Å²) in [4.78, 5) is 0. The number of anilines is 1. The first kappa shape index (κ1) is 13.1. The van der Waals surface area contributed by atoms with Gasteiger partial charge in [0.15, 0.2) is 0 Å². The highest BCUT2D eigenvalue weighted by Gasteiger charge is 2.05. The molecule has 0 aliphatic carbocycles. The minimum Gasteiger partial charge on any atom is -0.388 e. The topological polar surface area (TPSA) is 56.0 Å². The standard InChI is InChI=1S/C16H16N2O/c17-12-13-6-8-15(9-7-13)18-11-10-16(19)14-4-2-1-3-5-14/h1-9,16,18-19H,10-11H2. The van der Waals surface area contributed by atoms with Crippen LogP contribution in [0.3, 0.4) is 0 Å². The van der Waals surface area contributed by atoms with Crippen LogP contribution in [0.1, 0.15) is 23.7 Å². The third kappa shape index (κ3) is 3.84. The molecule has 0 amide bonds. The number of rotatable bonds is 5. The molecule has 3 heteroatoms. The van der Waals surface area contributed by atoms with Gasteiger partial charge in [0.25, 0.3) is 0 Å². The molecular formula is C16H16N2O. The number of benzene rings is 2. The predicted octanol–water partition coefficient (Wildman–Crippen LogP) is 3.09. The molecule has 2 aromatic rings. The van der Waals surface area contributed by atoms with Gasteiger partial charge in [-0.25, -0.2) is 0 Å². The fraction of sp³-hybridized carbons (Fsp3) is 0.188. The van der Waals surface area contributed by atoms with Gasteiger partial charge in [-0.3, -0.25) is 0 Å². The summed E-state index contributed by atoms with van der Waals surface area (Å²) in [6.45, 7) is 0.683. The number of hydrogen-bond acceptors (Lipinski definition) is 3. The molecule has 19 heavy (non-hydrogen) atoms. The SMILES string of the molecule is N#Cc1ccc(NCCC(O)c2ccccc2)cc1. The van der Waals surface area contributed by atoms with Crippen LogP contribution in [0.5, 0.6) is 0 Å². The van der Waals surface area contributed by atoms with Crippen LogP contribution < -0.4 is 5.32 Å². The van der Waals surface area contributed by atoms with E-state index in [1.165, 1.54) is 0 Å². The molecule has 3 nitrogen and oxygen atoms in total. The molecule has 0 radical (unpaired) electrons. The minimum atomic E-state index is -0.452. The van der Waals surface area contributed by atoms with E-state index in [0.717, 1.165) is 11.3 Å². The first-order valence-corrected chi connectivity index (χ1v) is 6.26. The highest BCUT2D eigenvalue weighted by Crippen LogP contribution is 2.16. The maximum atomic E-state index is 10.00. The molecule has 2 aromatic carbocycles. The number of hydrogen-bond donors (Lipinski definition) is 2. The van der Waals surface area contributed by atoms with Crippen molar-refractivity contribution < 1.29 is 5.11 Å².